The van der Waals surface area contributed by atoms with Gasteiger partial charge in [0, 0.05) is 15.6 Å². The van der Waals surface area contributed by atoms with Gasteiger partial charge in [0.25, 0.3) is 5.91 Å². The third-order valence-electron chi connectivity index (χ3n) is 2.58. The van der Waals surface area contributed by atoms with Gasteiger partial charge < -0.3 is 5.32 Å². The van der Waals surface area contributed by atoms with Crippen molar-refractivity contribution in [2.24, 2.45) is 0 Å². The average Bonchev–Trinajstić information content (AvgIpc) is 2.68. The molecule has 0 bridgehead atoms. The van der Waals surface area contributed by atoms with Crippen molar-refractivity contribution in [3.63, 3.8) is 0 Å². The Morgan fingerprint density at radius 1 is 1.41 bits per heavy atom. The summed E-state index contributed by atoms with van der Waals surface area (Å²) in [5.41, 5.74) is 2.47. The Morgan fingerprint density at radius 2 is 2.18 bits per heavy atom. The van der Waals surface area contributed by atoms with Crippen LogP contribution in [-0.4, -0.2) is 16.1 Å². The number of halogens is 1. The van der Waals surface area contributed by atoms with Gasteiger partial charge in [0.05, 0.1) is 6.20 Å². The minimum Gasteiger partial charge on any atom is -0.307 e. The molecule has 88 valence electrons. The number of aromatic nitrogens is 2. The number of anilines is 1. The van der Waals surface area contributed by atoms with Crippen LogP contribution in [0.3, 0.4) is 0 Å². The molecule has 5 heteroatoms. The first-order valence-electron chi connectivity index (χ1n) is 5.16. The van der Waals surface area contributed by atoms with Gasteiger partial charge >= 0.3 is 0 Å². The summed E-state index contributed by atoms with van der Waals surface area (Å²) in [6.07, 6.45) is 1.67. The number of rotatable bonds is 2. The van der Waals surface area contributed by atoms with E-state index in [2.05, 4.69) is 31.4 Å². The van der Waals surface area contributed by atoms with Crippen LogP contribution < -0.4 is 5.32 Å². The highest BCUT2D eigenvalue weighted by Crippen LogP contribution is 2.20. The highest BCUT2D eigenvalue weighted by atomic mass is 79.9. The van der Waals surface area contributed by atoms with E-state index in [0.29, 0.717) is 11.4 Å². The molecule has 1 heterocycles. The zero-order valence-electron chi connectivity index (χ0n) is 9.54. The molecule has 1 aromatic heterocycles. The number of nitrogens with one attached hydrogen (secondary N) is 2. The molecule has 17 heavy (non-hydrogen) atoms. The summed E-state index contributed by atoms with van der Waals surface area (Å²) in [5.74, 6) is 0.491. The largest absolute Gasteiger partial charge is 0.307 e. The van der Waals surface area contributed by atoms with Crippen LogP contribution in [0.2, 0.25) is 0 Å². The lowest BCUT2D eigenvalue weighted by Crippen LogP contribution is -2.14. The smallest absolute Gasteiger partial charge is 0.257 e. The monoisotopic (exact) mass is 293 g/mol. The van der Waals surface area contributed by atoms with Crippen LogP contribution >= 0.6 is 15.9 Å². The van der Waals surface area contributed by atoms with Crippen LogP contribution in [0, 0.1) is 13.8 Å². The predicted molar refractivity (Wildman–Crippen MR) is 70.2 cm³/mol. The Kier molecular flexibility index (Phi) is 3.28. The molecule has 4 nitrogen and oxygen atoms in total. The molecule has 1 amide bonds. The van der Waals surface area contributed by atoms with Gasteiger partial charge in [-0.15, -0.1) is 0 Å². The summed E-state index contributed by atoms with van der Waals surface area (Å²) in [7, 11) is 0. The molecule has 0 unspecified atom stereocenters. The van der Waals surface area contributed by atoms with E-state index in [1.165, 1.54) is 0 Å². The zero-order chi connectivity index (χ0) is 12.4. The SMILES string of the molecule is Cc1cn[nH]c1NC(=O)c1cccc(Br)c1C. The number of aryl methyl sites for hydroxylation is 1. The summed E-state index contributed by atoms with van der Waals surface area (Å²) in [6.45, 7) is 3.78. The molecular weight excluding hydrogens is 282 g/mol. The molecule has 0 saturated carbocycles. The number of aromatic amines is 1. The Morgan fingerprint density at radius 3 is 2.82 bits per heavy atom. The second-order valence-electron chi connectivity index (χ2n) is 3.79. The van der Waals surface area contributed by atoms with Crippen LogP contribution in [0.15, 0.2) is 28.9 Å². The first kappa shape index (κ1) is 11.9. The van der Waals surface area contributed by atoms with Gasteiger partial charge in [-0.3, -0.25) is 9.89 Å². The third-order valence-corrected chi connectivity index (χ3v) is 3.44. The van der Waals surface area contributed by atoms with Crippen molar-refractivity contribution in [2.75, 3.05) is 5.32 Å². The van der Waals surface area contributed by atoms with Gasteiger partial charge in [-0.25, -0.2) is 0 Å². The van der Waals surface area contributed by atoms with Crippen LogP contribution in [-0.2, 0) is 0 Å². The van der Waals surface area contributed by atoms with E-state index in [1.54, 1.807) is 12.3 Å². The Labute approximate surface area is 108 Å². The van der Waals surface area contributed by atoms with Gasteiger partial charge in [-0.05, 0) is 31.5 Å². The van der Waals surface area contributed by atoms with Crippen molar-refractivity contribution in [3.8, 4) is 0 Å². The van der Waals surface area contributed by atoms with E-state index in [0.717, 1.165) is 15.6 Å². The summed E-state index contributed by atoms with van der Waals surface area (Å²) in [6, 6.07) is 5.54. The minimum atomic E-state index is -0.142. The lowest BCUT2D eigenvalue weighted by atomic mass is 10.1. The fourth-order valence-corrected chi connectivity index (χ4v) is 1.87. The van der Waals surface area contributed by atoms with Crippen molar-refractivity contribution in [1.82, 2.24) is 10.2 Å². The molecule has 0 atom stereocenters. The van der Waals surface area contributed by atoms with E-state index < -0.39 is 0 Å². The lowest BCUT2D eigenvalue weighted by molar-refractivity contribution is 0.102. The Hall–Kier alpha value is -1.62. The van der Waals surface area contributed by atoms with E-state index in [9.17, 15) is 4.79 Å². The number of carbonyl (C=O) groups is 1. The van der Waals surface area contributed by atoms with Crippen LogP contribution in [0.25, 0.3) is 0 Å². The highest BCUT2D eigenvalue weighted by Gasteiger charge is 2.12. The summed E-state index contributed by atoms with van der Waals surface area (Å²) >= 11 is 3.41. The minimum absolute atomic E-state index is 0.142. The van der Waals surface area contributed by atoms with Crippen molar-refractivity contribution in [1.29, 1.82) is 0 Å². The number of hydrogen-bond donors (Lipinski definition) is 2. The first-order valence-corrected chi connectivity index (χ1v) is 5.95. The van der Waals surface area contributed by atoms with Gasteiger partial charge in [0.2, 0.25) is 0 Å². The van der Waals surface area contributed by atoms with Crippen molar-refractivity contribution < 1.29 is 4.79 Å². The molecule has 2 N–H and O–H groups in total. The zero-order valence-corrected chi connectivity index (χ0v) is 11.1. The second kappa shape index (κ2) is 4.71. The number of carbonyl (C=O) groups excluding carboxylic acids is 1. The fraction of sp³-hybridized carbons (Fsp3) is 0.167. The van der Waals surface area contributed by atoms with Gasteiger partial charge in [-0.2, -0.15) is 5.10 Å². The molecule has 0 aliphatic heterocycles. The molecule has 2 rings (SSSR count). The Bertz CT molecular complexity index is 563. The lowest BCUT2D eigenvalue weighted by Gasteiger charge is -2.07. The van der Waals surface area contributed by atoms with Gasteiger partial charge in [0.1, 0.15) is 5.82 Å². The number of amides is 1. The predicted octanol–water partition coefficient (Wildman–Crippen LogP) is 3.04. The van der Waals surface area contributed by atoms with E-state index in [4.69, 9.17) is 0 Å². The number of nitrogens with zero attached hydrogens (tertiary/aromatic N) is 1. The maximum Gasteiger partial charge on any atom is 0.257 e. The fourth-order valence-electron chi connectivity index (χ4n) is 1.51. The number of benzene rings is 1. The Balaban J connectivity index is 2.27. The molecule has 0 saturated heterocycles. The van der Waals surface area contributed by atoms with E-state index >= 15 is 0 Å². The van der Waals surface area contributed by atoms with Crippen LogP contribution in [0.1, 0.15) is 21.5 Å². The first-order chi connectivity index (χ1) is 8.09. The highest BCUT2D eigenvalue weighted by molar-refractivity contribution is 9.10. The topological polar surface area (TPSA) is 57.8 Å². The molecule has 0 fully saturated rings. The second-order valence-corrected chi connectivity index (χ2v) is 4.65. The molecule has 0 aliphatic carbocycles. The van der Waals surface area contributed by atoms with Crippen molar-refractivity contribution in [2.45, 2.75) is 13.8 Å². The molecule has 2 aromatic rings. The quantitative estimate of drug-likeness (QED) is 0.894. The van der Waals surface area contributed by atoms with E-state index in [1.807, 2.05) is 26.0 Å². The van der Waals surface area contributed by atoms with Crippen molar-refractivity contribution >= 4 is 27.7 Å². The number of hydrogen-bond acceptors (Lipinski definition) is 2. The maximum absolute atomic E-state index is 12.1. The summed E-state index contributed by atoms with van der Waals surface area (Å²) in [4.78, 5) is 12.1. The normalized spacial score (nSPS) is 10.3. The van der Waals surface area contributed by atoms with Gasteiger partial charge in [0.15, 0.2) is 0 Å². The molecule has 1 aromatic carbocycles. The van der Waals surface area contributed by atoms with Crippen LogP contribution in [0.5, 0.6) is 0 Å². The molecule has 0 radical (unpaired) electrons. The third kappa shape index (κ3) is 2.39. The molecular formula is C12H12BrN3O. The maximum atomic E-state index is 12.1. The molecule has 0 spiro atoms. The van der Waals surface area contributed by atoms with E-state index in [-0.39, 0.29) is 5.91 Å². The van der Waals surface area contributed by atoms with Gasteiger partial charge in [-0.1, -0.05) is 22.0 Å². The number of H-pyrrole nitrogens is 1. The average molecular weight is 294 g/mol. The van der Waals surface area contributed by atoms with Crippen molar-refractivity contribution in [3.05, 3.63) is 45.6 Å². The summed E-state index contributed by atoms with van der Waals surface area (Å²) in [5, 5.41) is 9.40. The summed E-state index contributed by atoms with van der Waals surface area (Å²) < 4.78 is 0.923. The van der Waals surface area contributed by atoms with Crippen LogP contribution in [0.4, 0.5) is 5.82 Å². The standard InChI is InChI=1S/C12H12BrN3O/c1-7-6-14-16-11(7)15-12(17)9-4-3-5-10(13)8(9)2/h3-6H,1-2H3,(H2,14,15,16,17). The molecule has 0 aliphatic rings.